The highest BCUT2D eigenvalue weighted by atomic mass is 16.2. The number of nitrogens with zero attached hydrogens (tertiary/aromatic N) is 5. The van der Waals surface area contributed by atoms with Gasteiger partial charge in [0.2, 0.25) is 5.91 Å². The second-order valence-electron chi connectivity index (χ2n) is 8.24. The first-order valence-electron chi connectivity index (χ1n) is 10.1. The van der Waals surface area contributed by atoms with Crippen molar-refractivity contribution in [3.05, 3.63) is 56.5 Å². The van der Waals surface area contributed by atoms with Crippen molar-refractivity contribution in [2.45, 2.75) is 31.8 Å². The van der Waals surface area contributed by atoms with E-state index in [9.17, 15) is 14.4 Å². The average Bonchev–Trinajstić information content (AvgIpc) is 3.29. The molecule has 30 heavy (non-hydrogen) atoms. The zero-order valence-corrected chi connectivity index (χ0v) is 17.3. The second kappa shape index (κ2) is 6.66. The maximum Gasteiger partial charge on any atom is 0.332 e. The summed E-state index contributed by atoms with van der Waals surface area (Å²) in [5.41, 5.74) is 2.99. The van der Waals surface area contributed by atoms with Crippen LogP contribution in [-0.2, 0) is 25.4 Å². The minimum Gasteiger partial charge on any atom is -0.316 e. The van der Waals surface area contributed by atoms with E-state index in [2.05, 4.69) is 23.3 Å². The fourth-order valence-electron chi connectivity index (χ4n) is 4.90. The van der Waals surface area contributed by atoms with Crippen molar-refractivity contribution in [1.82, 2.24) is 24.0 Å². The van der Waals surface area contributed by atoms with Crippen molar-refractivity contribution in [3.63, 3.8) is 0 Å². The first-order chi connectivity index (χ1) is 14.4. The Hall–Kier alpha value is -3.20. The number of amides is 1. The standard InChI is InChI=1S/C21H24N6O3/c1-12-4-5-15-13(8-12)14-9-22-7-6-16(14)27(15)17(28)10-26-11-23-19-18(26)20(29)25(3)21(30)24(19)2/h4-5,8,11,14,16,22H,6-7,9-10H2,1-3H3. The number of hydrogen-bond acceptors (Lipinski definition) is 5. The summed E-state index contributed by atoms with van der Waals surface area (Å²) in [6.45, 7) is 3.78. The van der Waals surface area contributed by atoms with Gasteiger partial charge in [0.15, 0.2) is 11.2 Å². The normalized spacial score (nSPS) is 20.4. The maximum absolute atomic E-state index is 13.5. The van der Waals surface area contributed by atoms with E-state index in [1.807, 2.05) is 17.0 Å². The Morgan fingerprint density at radius 2 is 2.03 bits per heavy atom. The van der Waals surface area contributed by atoms with Crippen LogP contribution in [0.15, 0.2) is 34.1 Å². The van der Waals surface area contributed by atoms with Crippen LogP contribution in [0.2, 0.25) is 0 Å². The molecular formula is C21H24N6O3. The molecule has 2 aliphatic heterocycles. The zero-order chi connectivity index (χ0) is 21.2. The second-order valence-corrected chi connectivity index (χ2v) is 8.24. The van der Waals surface area contributed by atoms with E-state index in [4.69, 9.17) is 0 Å². The SMILES string of the molecule is Cc1ccc2c(c1)C1CNCCC1N2C(=O)Cn1cnc2c1c(=O)n(C)c(=O)n2C. The average molecular weight is 408 g/mol. The Kier molecular flexibility index (Phi) is 4.18. The fourth-order valence-corrected chi connectivity index (χ4v) is 4.90. The molecule has 0 bridgehead atoms. The summed E-state index contributed by atoms with van der Waals surface area (Å²) in [7, 11) is 3.00. The lowest BCUT2D eigenvalue weighted by Gasteiger charge is -2.32. The lowest BCUT2D eigenvalue weighted by molar-refractivity contribution is -0.119. The van der Waals surface area contributed by atoms with E-state index in [0.29, 0.717) is 0 Å². The van der Waals surface area contributed by atoms with Gasteiger partial charge in [-0.15, -0.1) is 0 Å². The molecule has 9 heteroatoms. The Morgan fingerprint density at radius 3 is 2.83 bits per heavy atom. The van der Waals surface area contributed by atoms with Crippen LogP contribution >= 0.6 is 0 Å². The molecule has 0 aliphatic carbocycles. The van der Waals surface area contributed by atoms with E-state index in [0.717, 1.165) is 29.8 Å². The van der Waals surface area contributed by atoms with Gasteiger partial charge in [-0.25, -0.2) is 9.78 Å². The number of fused-ring (bicyclic) bond motifs is 4. The fraction of sp³-hybridized carbons (Fsp3) is 0.429. The topological polar surface area (TPSA) is 94.2 Å². The molecular weight excluding hydrogens is 384 g/mol. The molecule has 4 heterocycles. The van der Waals surface area contributed by atoms with Crippen LogP contribution in [0.4, 0.5) is 5.69 Å². The van der Waals surface area contributed by atoms with Crippen LogP contribution in [0, 0.1) is 6.92 Å². The van der Waals surface area contributed by atoms with E-state index in [1.54, 1.807) is 11.6 Å². The summed E-state index contributed by atoms with van der Waals surface area (Å²) >= 11 is 0. The predicted molar refractivity (Wildman–Crippen MR) is 113 cm³/mol. The van der Waals surface area contributed by atoms with Crippen molar-refractivity contribution in [2.24, 2.45) is 14.1 Å². The van der Waals surface area contributed by atoms with Gasteiger partial charge in [-0.1, -0.05) is 17.7 Å². The number of benzene rings is 1. The Labute approximate surface area is 172 Å². The third kappa shape index (κ3) is 2.58. The molecule has 0 saturated carbocycles. The van der Waals surface area contributed by atoms with Crippen LogP contribution in [0.5, 0.6) is 0 Å². The first kappa shape index (κ1) is 18.8. The Balaban J connectivity index is 1.57. The largest absolute Gasteiger partial charge is 0.332 e. The van der Waals surface area contributed by atoms with Crippen LogP contribution in [0.1, 0.15) is 23.5 Å². The summed E-state index contributed by atoms with van der Waals surface area (Å²) in [5.74, 6) is 0.190. The number of rotatable bonds is 2. The summed E-state index contributed by atoms with van der Waals surface area (Å²) in [6, 6.07) is 6.33. The molecule has 2 aromatic heterocycles. The third-order valence-corrected chi connectivity index (χ3v) is 6.41. The maximum atomic E-state index is 13.5. The molecule has 9 nitrogen and oxygen atoms in total. The molecule has 0 radical (unpaired) electrons. The lowest BCUT2D eigenvalue weighted by atomic mass is 9.89. The van der Waals surface area contributed by atoms with Crippen LogP contribution in [-0.4, -0.2) is 43.7 Å². The molecule has 156 valence electrons. The minimum absolute atomic E-state index is 0.00604. The highest BCUT2D eigenvalue weighted by molar-refractivity contribution is 5.97. The van der Waals surface area contributed by atoms with Crippen LogP contribution < -0.4 is 21.5 Å². The van der Waals surface area contributed by atoms with Crippen LogP contribution in [0.3, 0.4) is 0 Å². The molecule has 5 rings (SSSR count). The van der Waals surface area contributed by atoms with E-state index >= 15 is 0 Å². The molecule has 2 aliphatic rings. The van der Waals surface area contributed by atoms with Crippen LogP contribution in [0.25, 0.3) is 11.2 Å². The molecule has 1 aromatic carbocycles. The third-order valence-electron chi connectivity index (χ3n) is 6.41. The van der Waals surface area contributed by atoms with Gasteiger partial charge in [0.25, 0.3) is 5.56 Å². The summed E-state index contributed by atoms with van der Waals surface area (Å²) in [6.07, 6.45) is 2.35. The van der Waals surface area contributed by atoms with Crippen molar-refractivity contribution < 1.29 is 4.79 Å². The molecule has 2 unspecified atom stereocenters. The van der Waals surface area contributed by atoms with Gasteiger partial charge < -0.3 is 14.8 Å². The number of aryl methyl sites for hydroxylation is 2. The van der Waals surface area contributed by atoms with E-state index in [1.165, 1.54) is 29.1 Å². The number of carbonyl (C=O) groups excluding carboxylic acids is 1. The van der Waals surface area contributed by atoms with Crippen molar-refractivity contribution in [2.75, 3.05) is 18.0 Å². The van der Waals surface area contributed by atoms with Gasteiger partial charge in [-0.05, 0) is 31.5 Å². The number of hydrogen-bond donors (Lipinski definition) is 1. The Bertz CT molecular complexity index is 1300. The molecule has 1 fully saturated rings. The van der Waals surface area contributed by atoms with Gasteiger partial charge in [-0.3, -0.25) is 18.7 Å². The highest BCUT2D eigenvalue weighted by Gasteiger charge is 2.42. The number of imidazole rings is 1. The predicted octanol–water partition coefficient (Wildman–Crippen LogP) is 0.234. The number of carbonyl (C=O) groups is 1. The lowest BCUT2D eigenvalue weighted by Crippen LogP contribution is -2.47. The van der Waals surface area contributed by atoms with Crippen molar-refractivity contribution in [3.8, 4) is 0 Å². The molecule has 1 N–H and O–H groups in total. The first-order valence-corrected chi connectivity index (χ1v) is 10.1. The number of nitrogens with one attached hydrogen (secondary N) is 1. The quantitative estimate of drug-likeness (QED) is 0.655. The van der Waals surface area contributed by atoms with Gasteiger partial charge in [0, 0.05) is 38.3 Å². The minimum atomic E-state index is -0.449. The molecule has 2 atom stereocenters. The summed E-state index contributed by atoms with van der Waals surface area (Å²) < 4.78 is 3.93. The monoisotopic (exact) mass is 408 g/mol. The summed E-state index contributed by atoms with van der Waals surface area (Å²) in [4.78, 5) is 44.5. The van der Waals surface area contributed by atoms with Gasteiger partial charge >= 0.3 is 5.69 Å². The molecule has 1 amide bonds. The van der Waals surface area contributed by atoms with Crippen molar-refractivity contribution >= 4 is 22.8 Å². The van der Waals surface area contributed by atoms with Gasteiger partial charge in [0.1, 0.15) is 6.54 Å². The van der Waals surface area contributed by atoms with Gasteiger partial charge in [0.05, 0.1) is 6.33 Å². The Morgan fingerprint density at radius 1 is 1.23 bits per heavy atom. The number of anilines is 1. The smallest absolute Gasteiger partial charge is 0.316 e. The molecule has 0 spiro atoms. The number of piperidine rings is 1. The summed E-state index contributed by atoms with van der Waals surface area (Å²) in [5, 5.41) is 3.44. The van der Waals surface area contributed by atoms with E-state index in [-0.39, 0.29) is 35.6 Å². The highest BCUT2D eigenvalue weighted by Crippen LogP contribution is 2.43. The number of aromatic nitrogens is 4. The van der Waals surface area contributed by atoms with E-state index < -0.39 is 11.2 Å². The van der Waals surface area contributed by atoms with Gasteiger partial charge in [-0.2, -0.15) is 0 Å². The molecule has 1 saturated heterocycles. The molecule has 3 aromatic rings. The van der Waals surface area contributed by atoms with Crippen molar-refractivity contribution in [1.29, 1.82) is 0 Å². The zero-order valence-electron chi connectivity index (χ0n) is 17.3.